The van der Waals surface area contributed by atoms with Gasteiger partial charge < -0.3 is 5.32 Å². The topological polar surface area (TPSA) is 88.3 Å². The van der Waals surface area contributed by atoms with Crippen molar-refractivity contribution in [2.24, 2.45) is 0 Å². The number of carbonyl (C=O) groups is 2. The Labute approximate surface area is 163 Å². The second kappa shape index (κ2) is 8.56. The summed E-state index contributed by atoms with van der Waals surface area (Å²) in [6, 6.07) is 3.88. The Balaban J connectivity index is 1.51. The van der Waals surface area contributed by atoms with Crippen LogP contribution in [0.15, 0.2) is 27.0 Å². The Bertz CT molecular complexity index is 845. The maximum atomic E-state index is 12.5. The third-order valence-corrected chi connectivity index (χ3v) is 5.82. The SMILES string of the molecule is CCc1nonc1NC(=O)CCCN1C(=O)/C(=C/c2cccs2)SC1=S. The summed E-state index contributed by atoms with van der Waals surface area (Å²) in [6.07, 6.45) is 3.21. The first-order valence-corrected chi connectivity index (χ1v) is 10.1. The van der Waals surface area contributed by atoms with E-state index < -0.39 is 0 Å². The minimum Gasteiger partial charge on any atom is -0.306 e. The highest BCUT2D eigenvalue weighted by Crippen LogP contribution is 2.33. The highest BCUT2D eigenvalue weighted by Gasteiger charge is 2.31. The van der Waals surface area contributed by atoms with Gasteiger partial charge in [-0.25, -0.2) is 4.63 Å². The molecule has 0 aliphatic carbocycles. The summed E-state index contributed by atoms with van der Waals surface area (Å²) in [5, 5.41) is 12.0. The molecular weight excluding hydrogens is 392 g/mol. The van der Waals surface area contributed by atoms with Crippen molar-refractivity contribution in [1.82, 2.24) is 15.2 Å². The molecule has 1 aliphatic heterocycles. The smallest absolute Gasteiger partial charge is 0.266 e. The number of carbonyl (C=O) groups excluding carboxylic acids is 2. The van der Waals surface area contributed by atoms with Gasteiger partial charge in [0.15, 0.2) is 0 Å². The second-order valence-electron chi connectivity index (χ2n) is 5.41. The summed E-state index contributed by atoms with van der Waals surface area (Å²) in [4.78, 5) is 27.7. The molecule has 0 atom stereocenters. The first kappa shape index (κ1) is 18.7. The Morgan fingerprint density at radius 1 is 1.46 bits per heavy atom. The number of aromatic nitrogens is 2. The van der Waals surface area contributed by atoms with E-state index in [1.54, 1.807) is 16.2 Å². The summed E-state index contributed by atoms with van der Waals surface area (Å²) in [5.74, 6) is 0.0414. The molecule has 1 N–H and O–H groups in total. The first-order valence-electron chi connectivity index (χ1n) is 7.98. The van der Waals surface area contributed by atoms with Gasteiger partial charge in [0.25, 0.3) is 5.91 Å². The molecule has 0 saturated carbocycles. The van der Waals surface area contributed by atoms with Crippen LogP contribution in [-0.4, -0.2) is 37.9 Å². The normalized spacial score (nSPS) is 15.9. The molecule has 10 heteroatoms. The number of aryl methyl sites for hydroxylation is 1. The van der Waals surface area contributed by atoms with Gasteiger partial charge in [0, 0.05) is 17.8 Å². The molecule has 2 aromatic heterocycles. The number of hydrogen-bond acceptors (Lipinski definition) is 8. The maximum Gasteiger partial charge on any atom is 0.266 e. The zero-order chi connectivity index (χ0) is 18.5. The third-order valence-electron chi connectivity index (χ3n) is 3.62. The van der Waals surface area contributed by atoms with Crippen molar-refractivity contribution in [3.63, 3.8) is 0 Å². The van der Waals surface area contributed by atoms with Gasteiger partial charge >= 0.3 is 0 Å². The number of amides is 2. The standard InChI is InChI=1S/C16H16N4O3S3/c1-2-11-14(19-23-18-11)17-13(21)6-3-7-20-15(22)12(26-16(20)24)9-10-5-4-8-25-10/h4-5,8-9H,2-3,6-7H2,1H3,(H,17,19,21)/b12-9-. The molecule has 3 heterocycles. The molecule has 0 bridgehead atoms. The predicted octanol–water partition coefficient (Wildman–Crippen LogP) is 3.31. The van der Waals surface area contributed by atoms with Crippen LogP contribution in [0.2, 0.25) is 0 Å². The van der Waals surface area contributed by atoms with E-state index in [0.29, 0.717) is 40.1 Å². The molecular formula is C16H16N4O3S3. The Hall–Kier alpha value is -2.04. The highest BCUT2D eigenvalue weighted by molar-refractivity contribution is 8.26. The van der Waals surface area contributed by atoms with Gasteiger partial charge in [-0.15, -0.1) is 11.3 Å². The van der Waals surface area contributed by atoms with Gasteiger partial charge in [-0.2, -0.15) is 0 Å². The molecule has 1 aliphatic rings. The fourth-order valence-corrected chi connectivity index (χ4v) is 4.35. The number of anilines is 1. The lowest BCUT2D eigenvalue weighted by atomic mass is 10.2. The zero-order valence-electron chi connectivity index (χ0n) is 13.9. The lowest BCUT2D eigenvalue weighted by molar-refractivity contribution is -0.122. The van der Waals surface area contributed by atoms with Gasteiger partial charge in [-0.3, -0.25) is 14.5 Å². The predicted molar refractivity (Wildman–Crippen MR) is 106 cm³/mol. The van der Waals surface area contributed by atoms with Crippen LogP contribution in [0.4, 0.5) is 5.82 Å². The van der Waals surface area contributed by atoms with Crippen LogP contribution in [0.5, 0.6) is 0 Å². The van der Waals surface area contributed by atoms with E-state index in [0.717, 1.165) is 4.88 Å². The second-order valence-corrected chi connectivity index (χ2v) is 8.07. The molecule has 136 valence electrons. The number of nitrogens with one attached hydrogen (secondary N) is 1. The van der Waals surface area contributed by atoms with Crippen LogP contribution in [0.25, 0.3) is 6.08 Å². The lowest BCUT2D eigenvalue weighted by Gasteiger charge is -2.13. The molecule has 3 rings (SSSR count). The lowest BCUT2D eigenvalue weighted by Crippen LogP contribution is -2.29. The summed E-state index contributed by atoms with van der Waals surface area (Å²) in [5.41, 5.74) is 0.606. The number of thiocarbonyl (C=S) groups is 1. The third kappa shape index (κ3) is 4.37. The van der Waals surface area contributed by atoms with Crippen LogP contribution in [0, 0.1) is 0 Å². The van der Waals surface area contributed by atoms with E-state index in [4.69, 9.17) is 12.2 Å². The molecule has 2 aromatic rings. The minimum absolute atomic E-state index is 0.109. The van der Waals surface area contributed by atoms with Crippen LogP contribution in [0.3, 0.4) is 0 Å². The van der Waals surface area contributed by atoms with Crippen molar-refractivity contribution >= 4 is 63.3 Å². The van der Waals surface area contributed by atoms with Gasteiger partial charge in [0.2, 0.25) is 11.7 Å². The van der Waals surface area contributed by atoms with Crippen molar-refractivity contribution in [3.05, 3.63) is 33.0 Å². The van der Waals surface area contributed by atoms with E-state index in [-0.39, 0.29) is 18.2 Å². The summed E-state index contributed by atoms with van der Waals surface area (Å²) >= 11 is 8.15. The van der Waals surface area contributed by atoms with Crippen molar-refractivity contribution < 1.29 is 14.2 Å². The van der Waals surface area contributed by atoms with E-state index >= 15 is 0 Å². The average molecular weight is 409 g/mol. The molecule has 1 saturated heterocycles. The number of nitrogens with zero attached hydrogens (tertiary/aromatic N) is 3. The molecule has 0 unspecified atom stereocenters. The molecule has 0 aromatic carbocycles. The fraction of sp³-hybridized carbons (Fsp3) is 0.312. The van der Waals surface area contributed by atoms with Crippen molar-refractivity contribution in [2.45, 2.75) is 26.2 Å². The number of rotatable bonds is 7. The monoisotopic (exact) mass is 408 g/mol. The van der Waals surface area contributed by atoms with E-state index in [9.17, 15) is 9.59 Å². The Kier molecular flexibility index (Phi) is 6.17. The van der Waals surface area contributed by atoms with Crippen LogP contribution in [0.1, 0.15) is 30.3 Å². The van der Waals surface area contributed by atoms with Crippen molar-refractivity contribution in [2.75, 3.05) is 11.9 Å². The molecule has 26 heavy (non-hydrogen) atoms. The summed E-state index contributed by atoms with van der Waals surface area (Å²) < 4.78 is 5.13. The van der Waals surface area contributed by atoms with E-state index in [1.807, 2.05) is 30.5 Å². The Morgan fingerprint density at radius 2 is 2.31 bits per heavy atom. The minimum atomic E-state index is -0.199. The largest absolute Gasteiger partial charge is 0.306 e. The molecule has 0 radical (unpaired) electrons. The van der Waals surface area contributed by atoms with Gasteiger partial charge in [-0.1, -0.05) is 42.1 Å². The maximum absolute atomic E-state index is 12.5. The van der Waals surface area contributed by atoms with Crippen LogP contribution >= 0.6 is 35.3 Å². The van der Waals surface area contributed by atoms with Gasteiger partial charge in [0.1, 0.15) is 10.0 Å². The summed E-state index contributed by atoms with van der Waals surface area (Å²) in [6.45, 7) is 2.30. The van der Waals surface area contributed by atoms with Gasteiger partial charge in [-0.05, 0) is 35.5 Å². The quantitative estimate of drug-likeness (QED) is 0.555. The van der Waals surface area contributed by atoms with Gasteiger partial charge in [0.05, 0.1) is 4.91 Å². The zero-order valence-corrected chi connectivity index (χ0v) is 16.4. The molecule has 7 nitrogen and oxygen atoms in total. The van der Waals surface area contributed by atoms with Crippen LogP contribution < -0.4 is 5.32 Å². The van der Waals surface area contributed by atoms with Crippen molar-refractivity contribution in [3.8, 4) is 0 Å². The van der Waals surface area contributed by atoms with E-state index in [1.165, 1.54) is 11.8 Å². The first-order chi connectivity index (χ1) is 12.6. The molecule has 1 fully saturated rings. The molecule has 2 amide bonds. The number of thiophene rings is 1. The number of thioether (sulfide) groups is 1. The number of hydrogen-bond donors (Lipinski definition) is 1. The fourth-order valence-electron chi connectivity index (χ4n) is 2.32. The van der Waals surface area contributed by atoms with E-state index in [2.05, 4.69) is 20.3 Å². The molecule has 0 spiro atoms. The summed E-state index contributed by atoms with van der Waals surface area (Å²) in [7, 11) is 0. The Morgan fingerprint density at radius 3 is 3.04 bits per heavy atom. The average Bonchev–Trinajstić information content (AvgIpc) is 3.33. The van der Waals surface area contributed by atoms with Crippen LogP contribution in [-0.2, 0) is 16.0 Å². The highest BCUT2D eigenvalue weighted by atomic mass is 32.2. The van der Waals surface area contributed by atoms with Crippen molar-refractivity contribution in [1.29, 1.82) is 0 Å².